The van der Waals surface area contributed by atoms with Crippen molar-refractivity contribution in [2.45, 2.75) is 92.1 Å². The van der Waals surface area contributed by atoms with Crippen LogP contribution in [0.4, 0.5) is 4.79 Å². The van der Waals surface area contributed by atoms with Crippen LogP contribution in [0.1, 0.15) is 80.8 Å². The Morgan fingerprint density at radius 1 is 1.11 bits per heavy atom. The topological polar surface area (TPSA) is 56.8 Å². The van der Waals surface area contributed by atoms with Gasteiger partial charge in [-0.05, 0) is 66.4 Å². The van der Waals surface area contributed by atoms with E-state index in [1.165, 1.54) is 0 Å². The van der Waals surface area contributed by atoms with E-state index in [9.17, 15) is 4.79 Å². The van der Waals surface area contributed by atoms with E-state index in [1.54, 1.807) is 0 Å². The number of amides is 1. The molecule has 1 N–H and O–H groups in total. The van der Waals surface area contributed by atoms with E-state index in [4.69, 9.17) is 14.0 Å². The molecule has 1 aromatic rings. The highest BCUT2D eigenvalue weighted by atomic mass is 16.7. The van der Waals surface area contributed by atoms with Crippen molar-refractivity contribution in [3.05, 3.63) is 29.8 Å². The van der Waals surface area contributed by atoms with Crippen LogP contribution < -0.4 is 10.8 Å². The van der Waals surface area contributed by atoms with Gasteiger partial charge in [0.2, 0.25) is 0 Å². The first-order chi connectivity index (χ1) is 12.3. The molecule has 1 saturated heterocycles. The van der Waals surface area contributed by atoms with Crippen molar-refractivity contribution < 1.29 is 18.8 Å². The molecule has 1 aliphatic heterocycles. The van der Waals surface area contributed by atoms with Gasteiger partial charge < -0.3 is 19.4 Å². The average Bonchev–Trinajstić information content (AvgIpc) is 2.75. The molecule has 0 radical (unpaired) electrons. The van der Waals surface area contributed by atoms with Gasteiger partial charge in [0.25, 0.3) is 0 Å². The summed E-state index contributed by atoms with van der Waals surface area (Å²) in [5.74, 6) is 0. The third-order valence-corrected chi connectivity index (χ3v) is 4.67. The minimum Gasteiger partial charge on any atom is -0.444 e. The van der Waals surface area contributed by atoms with Crippen LogP contribution in [0.2, 0.25) is 0 Å². The van der Waals surface area contributed by atoms with Crippen LogP contribution in [-0.2, 0) is 14.0 Å². The highest BCUT2D eigenvalue weighted by molar-refractivity contribution is 6.62. The highest BCUT2D eigenvalue weighted by Gasteiger charge is 2.51. The summed E-state index contributed by atoms with van der Waals surface area (Å²) in [5, 5.41) is 2.86. The predicted molar refractivity (Wildman–Crippen MR) is 111 cm³/mol. The molecule has 0 saturated carbocycles. The smallest absolute Gasteiger partial charge is 0.444 e. The van der Waals surface area contributed by atoms with Gasteiger partial charge in [-0.25, -0.2) is 4.79 Å². The molecule has 1 aromatic carbocycles. The van der Waals surface area contributed by atoms with Crippen LogP contribution >= 0.6 is 0 Å². The van der Waals surface area contributed by atoms with Crippen molar-refractivity contribution in [2.75, 3.05) is 0 Å². The number of carbonyl (C=O) groups excluding carboxylic acids is 1. The van der Waals surface area contributed by atoms with Gasteiger partial charge in [0.1, 0.15) is 5.60 Å². The third-order valence-electron chi connectivity index (χ3n) is 4.67. The largest absolute Gasteiger partial charge is 0.494 e. The lowest BCUT2D eigenvalue weighted by Gasteiger charge is -2.32. The second kappa shape index (κ2) is 8.66. The lowest BCUT2D eigenvalue weighted by atomic mass is 9.78. The molecule has 5 nitrogen and oxygen atoms in total. The second-order valence-corrected chi connectivity index (χ2v) is 8.63. The van der Waals surface area contributed by atoms with Crippen LogP contribution in [0.5, 0.6) is 0 Å². The monoisotopic (exact) mass is 377 g/mol. The first kappa shape index (κ1) is 23.5. The van der Waals surface area contributed by atoms with Gasteiger partial charge in [-0.15, -0.1) is 0 Å². The van der Waals surface area contributed by atoms with E-state index in [0.717, 1.165) is 11.0 Å². The van der Waals surface area contributed by atoms with Crippen molar-refractivity contribution in [1.29, 1.82) is 0 Å². The van der Waals surface area contributed by atoms with E-state index >= 15 is 0 Å². The van der Waals surface area contributed by atoms with E-state index < -0.39 is 18.8 Å². The number of alkyl carbamates (subject to hydrolysis) is 1. The molecule has 0 bridgehead atoms. The van der Waals surface area contributed by atoms with Crippen molar-refractivity contribution in [3.63, 3.8) is 0 Å². The Hall–Kier alpha value is -1.53. The van der Waals surface area contributed by atoms with Crippen LogP contribution in [-0.4, -0.2) is 30.0 Å². The summed E-state index contributed by atoms with van der Waals surface area (Å²) in [7, 11) is -0.418. The average molecular weight is 377 g/mol. The van der Waals surface area contributed by atoms with Gasteiger partial charge in [-0.2, -0.15) is 0 Å². The molecule has 0 aromatic heterocycles. The zero-order chi connectivity index (χ0) is 21.0. The van der Waals surface area contributed by atoms with Gasteiger partial charge in [-0.3, -0.25) is 0 Å². The summed E-state index contributed by atoms with van der Waals surface area (Å²) in [5.41, 5.74) is 0.628. The molecular weight excluding hydrogens is 341 g/mol. The Balaban J connectivity index is 0.00000176. The molecule has 2 rings (SSSR count). The normalized spacial score (nSPS) is 19.0. The Kier molecular flexibility index (Phi) is 7.54. The first-order valence-corrected chi connectivity index (χ1v) is 9.76. The predicted octanol–water partition coefficient (Wildman–Crippen LogP) is 4.60. The fraction of sp³-hybridized carbons (Fsp3) is 0.667. The summed E-state index contributed by atoms with van der Waals surface area (Å²) in [4.78, 5) is 12.0. The number of hydrogen-bond donors (Lipinski definition) is 1. The standard InChI is InChI=1S/C19H30BNO4.C2H6/c1-13(21-16(22)23-17(2,3)4)14-10-9-11-15(12-14)20-24-18(5,6)19(7,8)25-20;1-2/h9-13H,1-8H3,(H,21,22);1-2H3. The molecule has 1 heterocycles. The van der Waals surface area contributed by atoms with Crippen molar-refractivity contribution >= 4 is 18.7 Å². The molecule has 152 valence electrons. The number of carbonyl (C=O) groups is 1. The van der Waals surface area contributed by atoms with E-state index in [-0.39, 0.29) is 17.2 Å². The molecule has 1 atom stereocenters. The molecule has 6 heteroatoms. The molecule has 0 aliphatic carbocycles. The fourth-order valence-electron chi connectivity index (χ4n) is 2.52. The third kappa shape index (κ3) is 6.25. The molecule has 27 heavy (non-hydrogen) atoms. The Bertz CT molecular complexity index is 621. The van der Waals surface area contributed by atoms with E-state index in [2.05, 4.69) is 5.32 Å². The van der Waals surface area contributed by atoms with E-state index in [1.807, 2.05) is 93.5 Å². The van der Waals surface area contributed by atoms with Crippen molar-refractivity contribution in [1.82, 2.24) is 5.32 Å². The van der Waals surface area contributed by atoms with Gasteiger partial charge in [0.15, 0.2) is 0 Å². The maximum atomic E-state index is 12.0. The molecule has 1 amide bonds. The number of benzene rings is 1. The van der Waals surface area contributed by atoms with Crippen molar-refractivity contribution in [2.24, 2.45) is 0 Å². The quantitative estimate of drug-likeness (QED) is 0.783. The lowest BCUT2D eigenvalue weighted by Crippen LogP contribution is -2.41. The zero-order valence-electron chi connectivity index (χ0n) is 18.6. The van der Waals surface area contributed by atoms with Gasteiger partial charge in [-0.1, -0.05) is 38.1 Å². The zero-order valence-corrected chi connectivity index (χ0v) is 18.6. The van der Waals surface area contributed by atoms with Crippen molar-refractivity contribution in [3.8, 4) is 0 Å². The summed E-state index contributed by atoms with van der Waals surface area (Å²) in [6, 6.07) is 7.72. The lowest BCUT2D eigenvalue weighted by molar-refractivity contribution is 0.00578. The van der Waals surface area contributed by atoms with Gasteiger partial charge in [0, 0.05) is 0 Å². The Morgan fingerprint density at radius 3 is 2.11 bits per heavy atom. The summed E-state index contributed by atoms with van der Waals surface area (Å²) < 4.78 is 17.5. The minimum absolute atomic E-state index is 0.183. The minimum atomic E-state index is -0.519. The maximum Gasteiger partial charge on any atom is 0.494 e. The maximum absolute atomic E-state index is 12.0. The molecule has 1 unspecified atom stereocenters. The van der Waals surface area contributed by atoms with Gasteiger partial charge in [0.05, 0.1) is 17.2 Å². The molecular formula is C21H36BNO4. The fourth-order valence-corrected chi connectivity index (χ4v) is 2.52. The second-order valence-electron chi connectivity index (χ2n) is 8.63. The summed E-state index contributed by atoms with van der Waals surface area (Å²) in [6.45, 7) is 19.6. The van der Waals surface area contributed by atoms with Crippen LogP contribution in [0.3, 0.4) is 0 Å². The first-order valence-electron chi connectivity index (χ1n) is 9.76. The highest BCUT2D eigenvalue weighted by Crippen LogP contribution is 2.36. The number of rotatable bonds is 3. The molecule has 1 aliphatic rings. The number of hydrogen-bond acceptors (Lipinski definition) is 4. The summed E-state index contributed by atoms with van der Waals surface area (Å²) in [6.07, 6.45) is -0.430. The number of nitrogens with one attached hydrogen (secondary N) is 1. The van der Waals surface area contributed by atoms with Crippen LogP contribution in [0, 0.1) is 0 Å². The van der Waals surface area contributed by atoms with Gasteiger partial charge >= 0.3 is 13.2 Å². The summed E-state index contributed by atoms with van der Waals surface area (Å²) >= 11 is 0. The van der Waals surface area contributed by atoms with Crippen LogP contribution in [0.25, 0.3) is 0 Å². The SMILES string of the molecule is CC.CC(NC(=O)OC(C)(C)C)c1cccc(B2OC(C)(C)C(C)(C)O2)c1. The van der Waals surface area contributed by atoms with E-state index in [0.29, 0.717) is 0 Å². The molecule has 1 fully saturated rings. The Morgan fingerprint density at radius 2 is 1.63 bits per heavy atom. The van der Waals surface area contributed by atoms with Crippen LogP contribution in [0.15, 0.2) is 24.3 Å². The molecule has 0 spiro atoms. The Labute approximate surface area is 165 Å². The number of ether oxygens (including phenoxy) is 1.